The first-order valence-electron chi connectivity index (χ1n) is 11.0. The Balaban J connectivity index is 1.66. The molecule has 1 aliphatic rings. The minimum absolute atomic E-state index is 0.0712. The Bertz CT molecular complexity index is 1190. The minimum atomic E-state index is -0.426. The van der Waals surface area contributed by atoms with Crippen LogP contribution in [-0.4, -0.2) is 69.0 Å². The van der Waals surface area contributed by atoms with E-state index >= 15 is 0 Å². The number of hydrogen-bond donors (Lipinski definition) is 3. The first-order valence-corrected chi connectivity index (χ1v) is 11.0. The Morgan fingerprint density at radius 3 is 2.56 bits per heavy atom. The molecule has 12 heteroatoms. The summed E-state index contributed by atoms with van der Waals surface area (Å²) in [6, 6.07) is 6.79. The first kappa shape index (κ1) is 23.0. The Kier molecular flexibility index (Phi) is 6.85. The highest BCUT2D eigenvalue weighted by atomic mass is 16.5. The number of benzene rings is 1. The average molecular weight is 466 g/mol. The molecule has 1 aromatic carbocycles. The van der Waals surface area contributed by atoms with Gasteiger partial charge in [-0.1, -0.05) is 6.07 Å². The molecule has 3 heterocycles. The summed E-state index contributed by atoms with van der Waals surface area (Å²) in [5.41, 5.74) is 1.67. The van der Waals surface area contributed by atoms with E-state index in [2.05, 4.69) is 36.2 Å². The number of anilines is 3. The monoisotopic (exact) mass is 465 g/mol. The lowest BCUT2D eigenvalue weighted by molar-refractivity contribution is 0.0958. The summed E-state index contributed by atoms with van der Waals surface area (Å²) in [7, 11) is 4.83. The number of piperidine rings is 1. The van der Waals surface area contributed by atoms with Gasteiger partial charge in [-0.05, 0) is 31.4 Å². The summed E-state index contributed by atoms with van der Waals surface area (Å²) < 4.78 is 7.25. The lowest BCUT2D eigenvalue weighted by Crippen LogP contribution is -2.39. The molecule has 1 aliphatic heterocycles. The van der Waals surface area contributed by atoms with E-state index < -0.39 is 5.91 Å². The number of nitrogens with zero attached hydrogens (tertiary/aromatic N) is 6. The van der Waals surface area contributed by atoms with Crippen LogP contribution >= 0.6 is 0 Å². The van der Waals surface area contributed by atoms with E-state index in [9.17, 15) is 9.59 Å². The normalized spacial score (nSPS) is 13.3. The third-order valence-corrected chi connectivity index (χ3v) is 5.44. The molecule has 12 nitrogen and oxygen atoms in total. The summed E-state index contributed by atoms with van der Waals surface area (Å²) >= 11 is 0. The van der Waals surface area contributed by atoms with Crippen molar-refractivity contribution in [2.45, 2.75) is 19.3 Å². The molecule has 0 saturated carbocycles. The van der Waals surface area contributed by atoms with Crippen molar-refractivity contribution < 1.29 is 14.3 Å². The number of amides is 3. The van der Waals surface area contributed by atoms with Gasteiger partial charge in [0.15, 0.2) is 23.1 Å². The number of hydrogen-bond acceptors (Lipinski definition) is 8. The van der Waals surface area contributed by atoms with Gasteiger partial charge in [0.25, 0.3) is 5.91 Å². The fraction of sp³-hybridized carbons (Fsp3) is 0.364. The molecule has 1 saturated heterocycles. The molecule has 3 N–H and O–H groups in total. The summed E-state index contributed by atoms with van der Waals surface area (Å²) in [6.07, 6.45) is 4.67. The Morgan fingerprint density at radius 1 is 1.09 bits per heavy atom. The van der Waals surface area contributed by atoms with Crippen molar-refractivity contribution in [1.29, 1.82) is 0 Å². The molecule has 0 spiro atoms. The van der Waals surface area contributed by atoms with Gasteiger partial charge >= 0.3 is 6.03 Å². The van der Waals surface area contributed by atoms with Crippen molar-refractivity contribution >= 4 is 29.1 Å². The van der Waals surface area contributed by atoms with E-state index in [1.807, 2.05) is 12.1 Å². The van der Waals surface area contributed by atoms with Gasteiger partial charge in [-0.3, -0.25) is 14.8 Å². The SMILES string of the molecule is CNC(=O)c1nnc(NC(=O)N2CCCCC2)cc1Nc1cccc(-c2ncn(C)n2)c1OC. The van der Waals surface area contributed by atoms with E-state index in [-0.39, 0.29) is 17.5 Å². The predicted molar refractivity (Wildman–Crippen MR) is 126 cm³/mol. The van der Waals surface area contributed by atoms with E-state index in [1.54, 1.807) is 42.2 Å². The number of carbonyl (C=O) groups excluding carboxylic acids is 2. The van der Waals surface area contributed by atoms with Crippen molar-refractivity contribution in [2.24, 2.45) is 7.05 Å². The third-order valence-electron chi connectivity index (χ3n) is 5.44. The van der Waals surface area contributed by atoms with Crippen LogP contribution in [0.2, 0.25) is 0 Å². The number of carbonyl (C=O) groups is 2. The van der Waals surface area contributed by atoms with Crippen molar-refractivity contribution in [3.63, 3.8) is 0 Å². The number of likely N-dealkylation sites (tertiary alicyclic amines) is 1. The Labute approximate surface area is 196 Å². The number of para-hydroxylation sites is 1. The maximum atomic E-state index is 12.6. The summed E-state index contributed by atoms with van der Waals surface area (Å²) in [5, 5.41) is 21.0. The van der Waals surface area contributed by atoms with Crippen LogP contribution in [0, 0.1) is 0 Å². The highest BCUT2D eigenvalue weighted by Crippen LogP contribution is 2.37. The van der Waals surface area contributed by atoms with E-state index in [4.69, 9.17) is 4.74 Å². The van der Waals surface area contributed by atoms with Crippen LogP contribution in [-0.2, 0) is 7.05 Å². The molecule has 4 rings (SSSR count). The molecule has 0 atom stereocenters. The largest absolute Gasteiger partial charge is 0.494 e. The average Bonchev–Trinajstić information content (AvgIpc) is 3.30. The predicted octanol–water partition coefficient (Wildman–Crippen LogP) is 2.40. The first-order chi connectivity index (χ1) is 16.5. The van der Waals surface area contributed by atoms with Gasteiger partial charge in [-0.15, -0.1) is 10.2 Å². The molecule has 0 bridgehead atoms. The molecule has 3 aromatic rings. The number of urea groups is 1. The van der Waals surface area contributed by atoms with Gasteiger partial charge in [0.2, 0.25) is 0 Å². The number of aryl methyl sites for hydroxylation is 1. The van der Waals surface area contributed by atoms with Crippen LogP contribution in [0.25, 0.3) is 11.4 Å². The molecule has 34 heavy (non-hydrogen) atoms. The van der Waals surface area contributed by atoms with Crippen LogP contribution in [0.1, 0.15) is 29.8 Å². The van der Waals surface area contributed by atoms with E-state index in [0.717, 1.165) is 19.3 Å². The number of nitrogens with one attached hydrogen (secondary N) is 3. The highest BCUT2D eigenvalue weighted by Gasteiger charge is 2.21. The Morgan fingerprint density at radius 2 is 1.88 bits per heavy atom. The molecule has 1 fully saturated rings. The molecule has 0 aliphatic carbocycles. The molecule has 3 amide bonds. The van der Waals surface area contributed by atoms with E-state index in [1.165, 1.54) is 7.05 Å². The number of ether oxygens (including phenoxy) is 1. The number of aromatic nitrogens is 5. The maximum Gasteiger partial charge on any atom is 0.323 e. The fourth-order valence-corrected chi connectivity index (χ4v) is 3.76. The second kappa shape index (κ2) is 10.1. The Hall–Kier alpha value is -4.22. The van der Waals surface area contributed by atoms with Gasteiger partial charge in [0.1, 0.15) is 6.33 Å². The molecule has 178 valence electrons. The van der Waals surface area contributed by atoms with Crippen molar-refractivity contribution in [3.05, 3.63) is 36.3 Å². The number of methoxy groups -OCH3 is 1. The van der Waals surface area contributed by atoms with E-state index in [0.29, 0.717) is 41.6 Å². The zero-order valence-electron chi connectivity index (χ0n) is 19.3. The zero-order valence-corrected chi connectivity index (χ0v) is 19.3. The van der Waals surface area contributed by atoms with Crippen molar-refractivity contribution in [1.82, 2.24) is 35.2 Å². The molecule has 2 aromatic heterocycles. The third kappa shape index (κ3) is 4.90. The smallest absolute Gasteiger partial charge is 0.323 e. The second-order valence-electron chi connectivity index (χ2n) is 7.80. The summed E-state index contributed by atoms with van der Waals surface area (Å²) in [5.74, 6) is 0.793. The van der Waals surface area contributed by atoms with Crippen LogP contribution < -0.4 is 20.7 Å². The zero-order chi connectivity index (χ0) is 24.1. The quantitative estimate of drug-likeness (QED) is 0.504. The van der Waals surface area contributed by atoms with Crippen LogP contribution in [0.4, 0.5) is 22.0 Å². The second-order valence-corrected chi connectivity index (χ2v) is 7.80. The van der Waals surface area contributed by atoms with Crippen molar-refractivity contribution in [2.75, 3.05) is 37.9 Å². The van der Waals surface area contributed by atoms with Crippen LogP contribution in [0.15, 0.2) is 30.6 Å². The van der Waals surface area contributed by atoms with Crippen LogP contribution in [0.5, 0.6) is 5.75 Å². The number of rotatable bonds is 6. The molecule has 0 unspecified atom stereocenters. The van der Waals surface area contributed by atoms with Gasteiger partial charge < -0.3 is 20.3 Å². The summed E-state index contributed by atoms with van der Waals surface area (Å²) in [6.45, 7) is 1.40. The lowest BCUT2D eigenvalue weighted by Gasteiger charge is -2.26. The topological polar surface area (TPSA) is 139 Å². The highest BCUT2D eigenvalue weighted by molar-refractivity contribution is 5.99. The van der Waals surface area contributed by atoms with Crippen molar-refractivity contribution in [3.8, 4) is 17.1 Å². The molecular formula is C22H27N9O3. The lowest BCUT2D eigenvalue weighted by atomic mass is 10.1. The van der Waals surface area contributed by atoms with Crippen LogP contribution in [0.3, 0.4) is 0 Å². The maximum absolute atomic E-state index is 12.6. The fourth-order valence-electron chi connectivity index (χ4n) is 3.76. The molecular weight excluding hydrogens is 438 g/mol. The molecule has 0 radical (unpaired) electrons. The van der Waals surface area contributed by atoms with Gasteiger partial charge in [-0.2, -0.15) is 5.10 Å². The summed E-state index contributed by atoms with van der Waals surface area (Å²) in [4.78, 5) is 31.1. The standard InChI is InChI=1S/C22H27N9O3/c1-23-21(32)18-16(12-17(27-28-18)26-22(33)31-10-5-4-6-11-31)25-15-9-7-8-14(19(15)34-3)20-24-13-30(2)29-20/h7-9,12-13H,4-6,10-11H2,1-3H3,(H,23,32)(H2,25,26,27,33). The minimum Gasteiger partial charge on any atom is -0.494 e. The van der Waals surface area contributed by atoms with Gasteiger partial charge in [-0.25, -0.2) is 9.78 Å². The van der Waals surface area contributed by atoms with Gasteiger partial charge in [0, 0.05) is 33.3 Å². The van der Waals surface area contributed by atoms with Gasteiger partial charge in [0.05, 0.1) is 24.0 Å².